The van der Waals surface area contributed by atoms with Crippen LogP contribution < -0.4 is 0 Å². The van der Waals surface area contributed by atoms with Crippen LogP contribution >= 0.6 is 11.6 Å². The minimum Gasteiger partial charge on any atom is -0.454 e. The molecule has 5 rings (SSSR count). The Morgan fingerprint density at radius 3 is 2.35 bits per heavy atom. The van der Waals surface area contributed by atoms with E-state index in [9.17, 15) is 9.59 Å². The van der Waals surface area contributed by atoms with Crippen LogP contribution in [0.5, 0.6) is 0 Å². The smallest absolute Gasteiger partial charge is 0.312 e. The molecule has 1 aromatic carbocycles. The molecule has 4 bridgehead atoms. The molecule has 0 heterocycles. The molecule has 26 heavy (non-hydrogen) atoms. The molecule has 3 nitrogen and oxygen atoms in total. The molecule has 4 fully saturated rings. The van der Waals surface area contributed by atoms with Crippen LogP contribution in [0.15, 0.2) is 18.2 Å². The summed E-state index contributed by atoms with van der Waals surface area (Å²) in [6.45, 7) is 5.69. The first-order chi connectivity index (χ1) is 12.2. The van der Waals surface area contributed by atoms with E-state index in [4.69, 9.17) is 16.3 Å². The van der Waals surface area contributed by atoms with Crippen LogP contribution in [0.2, 0.25) is 0 Å². The monoisotopic (exact) mass is 374 g/mol. The predicted molar refractivity (Wildman–Crippen MR) is 101 cm³/mol. The molecule has 0 aliphatic heterocycles. The Kier molecular flexibility index (Phi) is 4.22. The summed E-state index contributed by atoms with van der Waals surface area (Å²) in [5.41, 5.74) is 2.35. The molecule has 0 aromatic heterocycles. The first kappa shape index (κ1) is 18.0. The van der Waals surface area contributed by atoms with E-state index in [0.717, 1.165) is 36.8 Å². The van der Waals surface area contributed by atoms with Crippen molar-refractivity contribution in [1.82, 2.24) is 0 Å². The zero-order chi connectivity index (χ0) is 18.7. The lowest BCUT2D eigenvalue weighted by Gasteiger charge is -2.58. The predicted octanol–water partition coefficient (Wildman–Crippen LogP) is 5.00. The second-order valence-electron chi connectivity index (χ2n) is 9.10. The molecule has 4 aliphatic rings. The van der Waals surface area contributed by atoms with Crippen LogP contribution in [-0.4, -0.2) is 22.7 Å². The quantitative estimate of drug-likeness (QED) is 0.423. The van der Waals surface area contributed by atoms with E-state index in [1.165, 1.54) is 6.42 Å². The van der Waals surface area contributed by atoms with Gasteiger partial charge in [-0.2, -0.15) is 0 Å². The lowest BCUT2D eigenvalue weighted by Crippen LogP contribution is -2.56. The highest BCUT2D eigenvalue weighted by atomic mass is 35.5. The van der Waals surface area contributed by atoms with Crippen molar-refractivity contribution < 1.29 is 14.3 Å². The van der Waals surface area contributed by atoms with Crippen LogP contribution in [0.1, 0.15) is 66.9 Å². The molecule has 4 aliphatic carbocycles. The molecule has 0 radical (unpaired) electrons. The fourth-order valence-corrected chi connectivity index (χ4v) is 6.55. The average molecular weight is 375 g/mol. The zero-order valence-electron chi connectivity index (χ0n) is 15.8. The Hall–Kier alpha value is -1.35. The van der Waals surface area contributed by atoms with Crippen molar-refractivity contribution in [3.8, 4) is 0 Å². The van der Waals surface area contributed by atoms with Crippen molar-refractivity contribution in [2.24, 2.45) is 17.3 Å². The second-order valence-corrected chi connectivity index (χ2v) is 9.90. The molecule has 0 amide bonds. The summed E-state index contributed by atoms with van der Waals surface area (Å²) in [6, 6.07) is 5.63. The van der Waals surface area contributed by atoms with Crippen molar-refractivity contribution in [1.29, 1.82) is 0 Å². The van der Waals surface area contributed by atoms with Gasteiger partial charge in [-0.1, -0.05) is 12.1 Å². The molecule has 2 unspecified atom stereocenters. The standard InChI is InChI=1S/C22H27ClO3/c1-13-4-5-18(6-14(13)2)19(24)15(3)26-20(25)21-8-16-7-17(9-21)11-22(23,10-16)12-21/h4-6,15-17H,7-12H2,1-3H3/t15-,16-,17+,21?,22?/m0/s1. The fourth-order valence-electron chi connectivity index (χ4n) is 5.86. The highest BCUT2D eigenvalue weighted by Crippen LogP contribution is 2.64. The third kappa shape index (κ3) is 2.98. The van der Waals surface area contributed by atoms with Crippen LogP contribution in [-0.2, 0) is 9.53 Å². The summed E-state index contributed by atoms with van der Waals surface area (Å²) in [6.07, 6.45) is 4.94. The fraction of sp³-hybridized carbons (Fsp3) is 0.636. The van der Waals surface area contributed by atoms with Crippen molar-refractivity contribution >= 4 is 23.4 Å². The number of benzene rings is 1. The molecule has 5 atom stereocenters. The first-order valence-corrected chi connectivity index (χ1v) is 10.1. The molecular formula is C22H27ClO3. The molecule has 140 valence electrons. The number of halogens is 1. The van der Waals surface area contributed by atoms with E-state index < -0.39 is 11.5 Å². The van der Waals surface area contributed by atoms with Gasteiger partial charge in [0.05, 0.1) is 5.41 Å². The highest BCUT2D eigenvalue weighted by Gasteiger charge is 2.61. The molecule has 0 spiro atoms. The average Bonchev–Trinajstić information content (AvgIpc) is 2.54. The number of ether oxygens (including phenoxy) is 1. The molecule has 1 aromatic rings. The van der Waals surface area contributed by atoms with Gasteiger partial charge in [0, 0.05) is 10.4 Å². The van der Waals surface area contributed by atoms with Gasteiger partial charge in [0.2, 0.25) is 5.78 Å². The number of esters is 1. The number of hydrogen-bond donors (Lipinski definition) is 0. The van der Waals surface area contributed by atoms with Gasteiger partial charge in [-0.05, 0) is 88.3 Å². The van der Waals surface area contributed by atoms with Gasteiger partial charge in [-0.3, -0.25) is 9.59 Å². The number of carbonyl (C=O) groups is 2. The minimum atomic E-state index is -0.760. The Bertz CT molecular complexity index is 755. The Balaban J connectivity index is 1.49. The zero-order valence-corrected chi connectivity index (χ0v) is 16.6. The molecular weight excluding hydrogens is 348 g/mol. The largest absolute Gasteiger partial charge is 0.454 e. The summed E-state index contributed by atoms with van der Waals surface area (Å²) in [7, 11) is 0. The van der Waals surface area contributed by atoms with Crippen LogP contribution in [0, 0.1) is 31.1 Å². The highest BCUT2D eigenvalue weighted by molar-refractivity contribution is 6.24. The second kappa shape index (κ2) is 6.09. The summed E-state index contributed by atoms with van der Waals surface area (Å²) in [5, 5.41) is 0. The lowest BCUT2D eigenvalue weighted by atomic mass is 9.49. The van der Waals surface area contributed by atoms with Crippen LogP contribution in [0.25, 0.3) is 0 Å². The Morgan fingerprint density at radius 2 is 1.77 bits per heavy atom. The lowest BCUT2D eigenvalue weighted by molar-refractivity contribution is -0.172. The van der Waals surface area contributed by atoms with E-state index in [1.54, 1.807) is 6.92 Å². The summed E-state index contributed by atoms with van der Waals surface area (Å²) >= 11 is 6.82. The van der Waals surface area contributed by atoms with Crippen LogP contribution in [0.4, 0.5) is 0 Å². The maximum Gasteiger partial charge on any atom is 0.312 e. The first-order valence-electron chi connectivity index (χ1n) is 9.71. The SMILES string of the molecule is Cc1ccc(C(=O)[C@H](C)OC(=O)C23C[C@@H]4C[C@@H](CC(Cl)(C4)C2)C3)cc1C. The van der Waals surface area contributed by atoms with Crippen molar-refractivity contribution in [3.05, 3.63) is 34.9 Å². The molecule has 4 saturated carbocycles. The maximum absolute atomic E-state index is 13.1. The van der Waals surface area contributed by atoms with E-state index in [2.05, 4.69) is 0 Å². The normalized spacial score (nSPS) is 36.0. The van der Waals surface area contributed by atoms with Gasteiger partial charge in [-0.25, -0.2) is 0 Å². The Labute approximate surface area is 160 Å². The van der Waals surface area contributed by atoms with Gasteiger partial charge in [0.15, 0.2) is 6.10 Å². The number of hydrogen-bond acceptors (Lipinski definition) is 3. The van der Waals surface area contributed by atoms with Crippen LogP contribution in [0.3, 0.4) is 0 Å². The number of alkyl halides is 1. The topological polar surface area (TPSA) is 43.4 Å². The maximum atomic E-state index is 13.1. The summed E-state index contributed by atoms with van der Waals surface area (Å²) in [4.78, 5) is 25.6. The minimum absolute atomic E-state index is 0.133. The van der Waals surface area contributed by atoms with E-state index >= 15 is 0 Å². The molecule has 0 saturated heterocycles. The Morgan fingerprint density at radius 1 is 1.12 bits per heavy atom. The van der Waals surface area contributed by atoms with Crippen molar-refractivity contribution in [2.45, 2.75) is 70.3 Å². The summed E-state index contributed by atoms with van der Waals surface area (Å²) < 4.78 is 5.72. The van der Waals surface area contributed by atoms with Crippen molar-refractivity contribution in [2.75, 3.05) is 0 Å². The molecule has 0 N–H and O–H groups in total. The van der Waals surface area contributed by atoms with Gasteiger partial charge in [0.1, 0.15) is 0 Å². The number of rotatable bonds is 4. The van der Waals surface area contributed by atoms with E-state index in [-0.39, 0.29) is 16.6 Å². The molecule has 4 heteroatoms. The number of Topliss-reactive ketones (excluding diaryl/α,β-unsaturated/α-hetero) is 1. The number of aryl methyl sites for hydroxylation is 2. The number of carbonyl (C=O) groups excluding carboxylic acids is 2. The number of ketones is 1. The van der Waals surface area contributed by atoms with E-state index in [1.807, 2.05) is 32.0 Å². The summed E-state index contributed by atoms with van der Waals surface area (Å²) in [5.74, 6) is 0.729. The van der Waals surface area contributed by atoms with Gasteiger partial charge < -0.3 is 4.74 Å². The van der Waals surface area contributed by atoms with Gasteiger partial charge in [0.25, 0.3) is 0 Å². The third-order valence-electron chi connectivity index (χ3n) is 6.87. The van der Waals surface area contributed by atoms with Gasteiger partial charge in [-0.15, -0.1) is 11.6 Å². The van der Waals surface area contributed by atoms with Gasteiger partial charge >= 0.3 is 5.97 Å². The van der Waals surface area contributed by atoms with E-state index in [0.29, 0.717) is 23.8 Å². The van der Waals surface area contributed by atoms with Crippen molar-refractivity contribution in [3.63, 3.8) is 0 Å². The third-order valence-corrected chi connectivity index (χ3v) is 7.31.